The van der Waals surface area contributed by atoms with E-state index in [-0.39, 0.29) is 18.2 Å². The van der Waals surface area contributed by atoms with E-state index in [0.29, 0.717) is 18.2 Å². The first kappa shape index (κ1) is 24.5. The molecule has 0 spiro atoms. The molecule has 1 aliphatic rings. The third kappa shape index (κ3) is 6.35. The van der Waals surface area contributed by atoms with Gasteiger partial charge in [-0.15, -0.1) is 12.4 Å². The van der Waals surface area contributed by atoms with Gasteiger partial charge in [-0.1, -0.05) is 48.5 Å². The van der Waals surface area contributed by atoms with Crippen LogP contribution in [0.25, 0.3) is 0 Å². The maximum absolute atomic E-state index is 12.6. The van der Waals surface area contributed by atoms with Crippen LogP contribution in [0.5, 0.6) is 5.75 Å². The lowest BCUT2D eigenvalue weighted by atomic mass is 9.87. The zero-order chi connectivity index (χ0) is 20.9. The summed E-state index contributed by atoms with van der Waals surface area (Å²) in [5.74, 6) is 0.252. The van der Waals surface area contributed by atoms with E-state index in [1.807, 2.05) is 24.3 Å². The number of halogens is 4. The standard InChI is InChI=1S/C22H28F3N3O.ClH/c1-28(2)19-12-13-21(27-15-19,18-9-4-3-5-10-18)26-14-17-8-6-7-11-20(17)29-16-22(23,24)25;/h3-11,19,26-27H,12-16H2,1-2H3;1H. The van der Waals surface area contributed by atoms with Gasteiger partial charge >= 0.3 is 6.18 Å². The number of piperidine rings is 1. The summed E-state index contributed by atoms with van der Waals surface area (Å²) in [6.45, 7) is -0.0831. The number of hydrogen-bond acceptors (Lipinski definition) is 4. The van der Waals surface area contributed by atoms with Crippen molar-refractivity contribution in [3.63, 3.8) is 0 Å². The van der Waals surface area contributed by atoms with Crippen LogP contribution in [-0.2, 0) is 12.2 Å². The zero-order valence-electron chi connectivity index (χ0n) is 17.2. The summed E-state index contributed by atoms with van der Waals surface area (Å²) in [6, 6.07) is 17.4. The molecule has 2 N–H and O–H groups in total. The van der Waals surface area contributed by atoms with Crippen LogP contribution in [0.1, 0.15) is 24.0 Å². The van der Waals surface area contributed by atoms with E-state index >= 15 is 0 Å². The van der Waals surface area contributed by atoms with Crippen LogP contribution in [0, 0.1) is 0 Å². The molecule has 2 unspecified atom stereocenters. The molecule has 0 radical (unpaired) electrons. The quantitative estimate of drug-likeness (QED) is 0.668. The second kappa shape index (κ2) is 10.5. The van der Waals surface area contributed by atoms with E-state index in [4.69, 9.17) is 4.74 Å². The molecular formula is C22H29ClF3N3O. The van der Waals surface area contributed by atoms with Crippen molar-refractivity contribution >= 4 is 12.4 Å². The molecule has 2 aromatic rings. The molecule has 30 heavy (non-hydrogen) atoms. The average molecular weight is 444 g/mol. The first-order chi connectivity index (χ1) is 13.8. The second-order valence-corrected chi connectivity index (χ2v) is 7.67. The van der Waals surface area contributed by atoms with Gasteiger partial charge in [0.25, 0.3) is 0 Å². The van der Waals surface area contributed by atoms with Crippen LogP contribution in [0.15, 0.2) is 54.6 Å². The van der Waals surface area contributed by atoms with Gasteiger partial charge in [-0.05, 0) is 38.6 Å². The number of hydrogen-bond donors (Lipinski definition) is 2. The lowest BCUT2D eigenvalue weighted by Crippen LogP contribution is -2.60. The van der Waals surface area contributed by atoms with Crippen molar-refractivity contribution in [1.29, 1.82) is 0 Å². The highest BCUT2D eigenvalue weighted by molar-refractivity contribution is 5.85. The Morgan fingerprint density at radius 3 is 2.37 bits per heavy atom. The van der Waals surface area contributed by atoms with Crippen LogP contribution in [0.4, 0.5) is 13.2 Å². The number of ether oxygens (including phenoxy) is 1. The predicted molar refractivity (Wildman–Crippen MR) is 115 cm³/mol. The molecule has 2 atom stereocenters. The highest BCUT2D eigenvalue weighted by Gasteiger charge is 2.37. The number of nitrogens with zero attached hydrogens (tertiary/aromatic N) is 1. The van der Waals surface area contributed by atoms with Crippen LogP contribution in [-0.4, -0.2) is 44.4 Å². The molecule has 166 valence electrons. The number of para-hydroxylation sites is 1. The molecule has 0 bridgehead atoms. The van der Waals surface area contributed by atoms with Crippen molar-refractivity contribution in [3.05, 3.63) is 65.7 Å². The van der Waals surface area contributed by atoms with E-state index in [1.54, 1.807) is 18.2 Å². The maximum atomic E-state index is 12.6. The molecule has 2 aromatic carbocycles. The summed E-state index contributed by atoms with van der Waals surface area (Å²) in [6.07, 6.45) is -2.49. The van der Waals surface area contributed by atoms with Crippen molar-refractivity contribution in [2.75, 3.05) is 27.2 Å². The summed E-state index contributed by atoms with van der Waals surface area (Å²) in [4.78, 5) is 2.21. The fourth-order valence-corrected chi connectivity index (χ4v) is 3.72. The minimum atomic E-state index is -4.36. The SMILES string of the molecule is CN(C)C1CCC(NCc2ccccc2OCC(F)(F)F)(c2ccccc2)NC1.Cl. The smallest absolute Gasteiger partial charge is 0.422 e. The summed E-state index contributed by atoms with van der Waals surface area (Å²) in [5.41, 5.74) is 1.37. The molecule has 1 heterocycles. The van der Waals surface area contributed by atoms with Gasteiger partial charge < -0.3 is 9.64 Å². The molecular weight excluding hydrogens is 415 g/mol. The predicted octanol–water partition coefficient (Wildman–Crippen LogP) is 4.31. The second-order valence-electron chi connectivity index (χ2n) is 7.67. The molecule has 0 saturated carbocycles. The van der Waals surface area contributed by atoms with Crippen molar-refractivity contribution in [2.45, 2.75) is 37.3 Å². The van der Waals surface area contributed by atoms with Gasteiger partial charge in [0, 0.05) is 24.7 Å². The van der Waals surface area contributed by atoms with E-state index < -0.39 is 18.4 Å². The Kier molecular flexibility index (Phi) is 8.55. The summed E-state index contributed by atoms with van der Waals surface area (Å²) >= 11 is 0. The molecule has 1 saturated heterocycles. The topological polar surface area (TPSA) is 36.5 Å². The van der Waals surface area contributed by atoms with Gasteiger partial charge in [0.2, 0.25) is 0 Å². The van der Waals surface area contributed by atoms with Gasteiger partial charge in [-0.3, -0.25) is 10.6 Å². The molecule has 1 fully saturated rings. The monoisotopic (exact) mass is 443 g/mol. The average Bonchev–Trinajstić information content (AvgIpc) is 2.71. The largest absolute Gasteiger partial charge is 0.484 e. The fourth-order valence-electron chi connectivity index (χ4n) is 3.72. The Labute approximate surface area is 182 Å². The van der Waals surface area contributed by atoms with Crippen LogP contribution in [0.3, 0.4) is 0 Å². The Morgan fingerprint density at radius 1 is 1.10 bits per heavy atom. The molecule has 0 aliphatic carbocycles. The third-order valence-corrected chi connectivity index (χ3v) is 5.43. The van der Waals surface area contributed by atoms with Crippen LogP contribution in [0.2, 0.25) is 0 Å². The van der Waals surface area contributed by atoms with Crippen molar-refractivity contribution < 1.29 is 17.9 Å². The lowest BCUT2D eigenvalue weighted by Gasteiger charge is -2.44. The van der Waals surface area contributed by atoms with Gasteiger partial charge in [-0.2, -0.15) is 13.2 Å². The van der Waals surface area contributed by atoms with Crippen molar-refractivity contribution in [2.24, 2.45) is 0 Å². The minimum absolute atomic E-state index is 0. The molecule has 1 aliphatic heterocycles. The zero-order valence-corrected chi connectivity index (χ0v) is 18.0. The number of likely N-dealkylation sites (N-methyl/N-ethyl adjacent to an activating group) is 1. The number of rotatable bonds is 7. The van der Waals surface area contributed by atoms with Gasteiger partial charge in [-0.25, -0.2) is 0 Å². The van der Waals surface area contributed by atoms with Gasteiger partial charge in [0.15, 0.2) is 6.61 Å². The van der Waals surface area contributed by atoms with Crippen molar-refractivity contribution in [1.82, 2.24) is 15.5 Å². The third-order valence-electron chi connectivity index (χ3n) is 5.43. The summed E-state index contributed by atoms with van der Waals surface area (Å²) in [5, 5.41) is 7.23. The fraction of sp³-hybridized carbons (Fsp3) is 0.455. The van der Waals surface area contributed by atoms with Crippen LogP contribution >= 0.6 is 12.4 Å². The number of nitrogens with one attached hydrogen (secondary N) is 2. The maximum Gasteiger partial charge on any atom is 0.422 e. The van der Waals surface area contributed by atoms with Gasteiger partial charge in [0.05, 0.1) is 5.66 Å². The van der Waals surface area contributed by atoms with Crippen LogP contribution < -0.4 is 15.4 Å². The Hall–Kier alpha value is -1.80. The van der Waals surface area contributed by atoms with Gasteiger partial charge in [0.1, 0.15) is 5.75 Å². The summed E-state index contributed by atoms with van der Waals surface area (Å²) in [7, 11) is 4.15. The Balaban J connectivity index is 0.00000320. The molecule has 4 nitrogen and oxygen atoms in total. The van der Waals surface area contributed by atoms with E-state index in [1.165, 1.54) is 0 Å². The molecule has 0 amide bonds. The molecule has 0 aromatic heterocycles. The lowest BCUT2D eigenvalue weighted by molar-refractivity contribution is -0.153. The number of alkyl halides is 3. The normalized spacial score (nSPS) is 21.9. The Morgan fingerprint density at radius 2 is 1.77 bits per heavy atom. The molecule has 3 rings (SSSR count). The first-order valence-corrected chi connectivity index (χ1v) is 9.78. The minimum Gasteiger partial charge on any atom is -0.484 e. The van der Waals surface area contributed by atoms with E-state index in [9.17, 15) is 13.2 Å². The van der Waals surface area contributed by atoms with E-state index in [0.717, 1.165) is 24.9 Å². The van der Waals surface area contributed by atoms with Crippen molar-refractivity contribution in [3.8, 4) is 5.75 Å². The summed E-state index contributed by atoms with van der Waals surface area (Å²) < 4.78 is 42.8. The van der Waals surface area contributed by atoms with E-state index in [2.05, 4.69) is 41.8 Å². The molecule has 8 heteroatoms. The highest BCUT2D eigenvalue weighted by atomic mass is 35.5. The first-order valence-electron chi connectivity index (χ1n) is 9.78. The number of benzene rings is 2. The Bertz CT molecular complexity index is 779. The highest BCUT2D eigenvalue weighted by Crippen LogP contribution is 2.30.